The van der Waals surface area contributed by atoms with Crippen LogP contribution in [-0.4, -0.2) is 33.6 Å². The molecule has 0 radical (unpaired) electrons. The molecule has 0 saturated heterocycles. The fraction of sp³-hybridized carbons (Fsp3) is 0.500. The summed E-state index contributed by atoms with van der Waals surface area (Å²) in [4.78, 5) is 12.2. The van der Waals surface area contributed by atoms with Crippen LogP contribution in [0.2, 0.25) is 0 Å². The second-order valence-electron chi connectivity index (χ2n) is 5.93. The third-order valence-corrected chi connectivity index (χ3v) is 3.83. The Morgan fingerprint density at radius 1 is 1.35 bits per heavy atom. The number of hydrogen-bond acceptors (Lipinski definition) is 3. The molecule has 1 aliphatic rings. The molecule has 0 aliphatic carbocycles. The molecular formula is C16H19F3N2O2. The lowest BCUT2D eigenvalue weighted by molar-refractivity contribution is -0.302. The van der Waals surface area contributed by atoms with Gasteiger partial charge in [-0.25, -0.2) is 0 Å². The Labute approximate surface area is 132 Å². The minimum absolute atomic E-state index is 0.155. The zero-order valence-electron chi connectivity index (χ0n) is 13.0. The van der Waals surface area contributed by atoms with Gasteiger partial charge in [0, 0.05) is 18.6 Å². The van der Waals surface area contributed by atoms with Crippen molar-refractivity contribution in [3.63, 3.8) is 0 Å². The fourth-order valence-electron chi connectivity index (χ4n) is 2.38. The fourth-order valence-corrected chi connectivity index (χ4v) is 2.38. The van der Waals surface area contributed by atoms with Crippen LogP contribution in [0.5, 0.6) is 0 Å². The average molecular weight is 328 g/mol. The van der Waals surface area contributed by atoms with Gasteiger partial charge in [-0.05, 0) is 17.9 Å². The van der Waals surface area contributed by atoms with E-state index in [0.717, 1.165) is 5.56 Å². The molecule has 0 bridgehead atoms. The minimum Gasteiger partial charge on any atom is -0.362 e. The van der Waals surface area contributed by atoms with Crippen molar-refractivity contribution < 1.29 is 23.1 Å². The maximum Gasteiger partial charge on any atom is 0.438 e. The van der Waals surface area contributed by atoms with Gasteiger partial charge in [0.25, 0.3) is 5.72 Å². The number of carbonyl (C=O) groups is 1. The monoisotopic (exact) mass is 328 g/mol. The maximum absolute atomic E-state index is 13.2. The molecule has 1 N–H and O–H groups in total. The van der Waals surface area contributed by atoms with E-state index in [9.17, 15) is 23.1 Å². The van der Waals surface area contributed by atoms with Gasteiger partial charge in [0.15, 0.2) is 0 Å². The highest BCUT2D eigenvalue weighted by Crippen LogP contribution is 2.41. The summed E-state index contributed by atoms with van der Waals surface area (Å²) in [6, 6.07) is 8.97. The maximum atomic E-state index is 13.2. The van der Waals surface area contributed by atoms with E-state index in [2.05, 4.69) is 5.10 Å². The molecule has 0 aromatic heterocycles. The highest BCUT2D eigenvalue weighted by molar-refractivity contribution is 5.92. The van der Waals surface area contributed by atoms with Gasteiger partial charge in [-0.3, -0.25) is 4.79 Å². The van der Waals surface area contributed by atoms with Gasteiger partial charge in [0.1, 0.15) is 0 Å². The molecule has 1 amide bonds. The summed E-state index contributed by atoms with van der Waals surface area (Å²) in [5, 5.41) is 14.0. The van der Waals surface area contributed by atoms with Crippen LogP contribution in [0.3, 0.4) is 0 Å². The molecule has 0 unspecified atom stereocenters. The molecule has 4 nitrogen and oxygen atoms in total. The molecule has 1 atom stereocenters. The van der Waals surface area contributed by atoms with Gasteiger partial charge in [-0.15, -0.1) is 0 Å². The first-order chi connectivity index (χ1) is 10.6. The Kier molecular flexibility index (Phi) is 4.79. The number of aryl methyl sites for hydroxylation is 1. The zero-order chi connectivity index (χ0) is 17.3. The number of hydrogen-bond donors (Lipinski definition) is 1. The number of carbonyl (C=O) groups excluding carboxylic acids is 1. The first kappa shape index (κ1) is 17.5. The lowest BCUT2D eigenvalue weighted by Crippen LogP contribution is -2.56. The summed E-state index contributed by atoms with van der Waals surface area (Å²) in [5.74, 6) is -1.12. The first-order valence-corrected chi connectivity index (χ1v) is 7.38. The average Bonchev–Trinajstić information content (AvgIpc) is 2.85. The van der Waals surface area contributed by atoms with Crippen LogP contribution in [0.15, 0.2) is 35.4 Å². The first-order valence-electron chi connectivity index (χ1n) is 7.38. The van der Waals surface area contributed by atoms with E-state index in [1.54, 1.807) is 38.1 Å². The normalized spacial score (nSPS) is 21.7. The van der Waals surface area contributed by atoms with Crippen molar-refractivity contribution >= 4 is 11.6 Å². The molecule has 1 aromatic rings. The van der Waals surface area contributed by atoms with Crippen LogP contribution >= 0.6 is 0 Å². The highest BCUT2D eigenvalue weighted by atomic mass is 19.4. The predicted molar refractivity (Wildman–Crippen MR) is 79.5 cm³/mol. The van der Waals surface area contributed by atoms with E-state index in [1.165, 1.54) is 0 Å². The molecule has 0 fully saturated rings. The predicted octanol–water partition coefficient (Wildman–Crippen LogP) is 3.11. The number of rotatable bonds is 4. The minimum atomic E-state index is -4.96. The third kappa shape index (κ3) is 3.55. The number of nitrogens with zero attached hydrogens (tertiary/aromatic N) is 2. The number of aliphatic hydroxyl groups is 1. The number of benzene rings is 1. The molecule has 1 aliphatic heterocycles. The second-order valence-corrected chi connectivity index (χ2v) is 5.93. The van der Waals surface area contributed by atoms with Gasteiger partial charge in [0.2, 0.25) is 5.91 Å². The standard InChI is InChI=1S/C16H19F3N2O2/c1-11(2)13-10-15(23,16(17,18)19)21(20-13)14(22)9-8-12-6-4-3-5-7-12/h3-7,11,23H,8-10H2,1-2H3/t15-/m0/s1. The number of amides is 1. The Morgan fingerprint density at radius 2 is 1.96 bits per heavy atom. The molecule has 2 rings (SSSR count). The van der Waals surface area contributed by atoms with Gasteiger partial charge >= 0.3 is 6.18 Å². The van der Waals surface area contributed by atoms with Crippen molar-refractivity contribution in [2.75, 3.05) is 0 Å². The SMILES string of the molecule is CC(C)C1=NN(C(=O)CCc2ccccc2)[C@@](O)(C(F)(F)F)C1. The zero-order valence-corrected chi connectivity index (χ0v) is 13.0. The summed E-state index contributed by atoms with van der Waals surface area (Å²) >= 11 is 0. The summed E-state index contributed by atoms with van der Waals surface area (Å²) in [7, 11) is 0. The molecule has 23 heavy (non-hydrogen) atoms. The van der Waals surface area contributed by atoms with Crippen LogP contribution in [-0.2, 0) is 11.2 Å². The van der Waals surface area contributed by atoms with Crippen LogP contribution in [0.4, 0.5) is 13.2 Å². The Balaban J connectivity index is 2.17. The van der Waals surface area contributed by atoms with Crippen LogP contribution in [0.1, 0.15) is 32.3 Å². The van der Waals surface area contributed by atoms with Crippen molar-refractivity contribution in [1.82, 2.24) is 5.01 Å². The summed E-state index contributed by atoms with van der Waals surface area (Å²) in [6.45, 7) is 3.35. The van der Waals surface area contributed by atoms with Gasteiger partial charge < -0.3 is 5.11 Å². The van der Waals surface area contributed by atoms with E-state index in [4.69, 9.17) is 0 Å². The molecule has 7 heteroatoms. The number of alkyl halides is 3. The van der Waals surface area contributed by atoms with E-state index in [-0.39, 0.29) is 29.5 Å². The smallest absolute Gasteiger partial charge is 0.362 e. The van der Waals surface area contributed by atoms with Crippen molar-refractivity contribution in [2.24, 2.45) is 11.0 Å². The van der Waals surface area contributed by atoms with E-state index in [0.29, 0.717) is 0 Å². The molecule has 1 aromatic carbocycles. The lowest BCUT2D eigenvalue weighted by Gasteiger charge is -2.32. The van der Waals surface area contributed by atoms with E-state index >= 15 is 0 Å². The highest BCUT2D eigenvalue weighted by Gasteiger charge is 2.63. The largest absolute Gasteiger partial charge is 0.438 e. The third-order valence-electron chi connectivity index (χ3n) is 3.83. The molecule has 126 valence electrons. The summed E-state index contributed by atoms with van der Waals surface area (Å²) in [5.41, 5.74) is -2.25. The molecule has 1 heterocycles. The van der Waals surface area contributed by atoms with Crippen LogP contribution < -0.4 is 0 Å². The molecule has 0 saturated carbocycles. The van der Waals surface area contributed by atoms with E-state index < -0.39 is 24.2 Å². The second kappa shape index (κ2) is 6.31. The van der Waals surface area contributed by atoms with Crippen molar-refractivity contribution in [3.05, 3.63) is 35.9 Å². The Hall–Kier alpha value is -1.89. The van der Waals surface area contributed by atoms with Crippen LogP contribution in [0, 0.1) is 5.92 Å². The van der Waals surface area contributed by atoms with Crippen molar-refractivity contribution in [1.29, 1.82) is 0 Å². The topological polar surface area (TPSA) is 52.9 Å². The van der Waals surface area contributed by atoms with Gasteiger partial charge in [0.05, 0.1) is 0 Å². The lowest BCUT2D eigenvalue weighted by atomic mass is 9.99. The van der Waals surface area contributed by atoms with Gasteiger partial charge in [-0.1, -0.05) is 44.2 Å². The Bertz CT molecular complexity index is 599. The summed E-state index contributed by atoms with van der Waals surface area (Å²) in [6.07, 6.45) is -5.53. The van der Waals surface area contributed by atoms with E-state index in [1.807, 2.05) is 6.07 Å². The number of halogens is 3. The summed E-state index contributed by atoms with van der Waals surface area (Å²) < 4.78 is 39.7. The number of hydrazone groups is 1. The molecule has 0 spiro atoms. The quantitative estimate of drug-likeness (QED) is 0.923. The molecular weight excluding hydrogens is 309 g/mol. The Morgan fingerprint density at radius 3 is 2.48 bits per heavy atom. The van der Waals surface area contributed by atoms with Crippen molar-refractivity contribution in [2.45, 2.75) is 45.0 Å². The van der Waals surface area contributed by atoms with Crippen molar-refractivity contribution in [3.8, 4) is 0 Å². The van der Waals surface area contributed by atoms with Gasteiger partial charge in [-0.2, -0.15) is 23.3 Å². The van der Waals surface area contributed by atoms with Crippen LogP contribution in [0.25, 0.3) is 0 Å².